The van der Waals surface area contributed by atoms with Gasteiger partial charge in [0.25, 0.3) is 0 Å². The van der Waals surface area contributed by atoms with Crippen LogP contribution in [-0.4, -0.2) is 79.1 Å². The molecule has 188 valence electrons. The fraction of sp³-hybridized carbons (Fsp3) is 0.680. The minimum atomic E-state index is -0.795. The summed E-state index contributed by atoms with van der Waals surface area (Å²) in [6.07, 6.45) is -1.09. The highest BCUT2D eigenvalue weighted by Crippen LogP contribution is 2.42. The minimum absolute atomic E-state index is 0.220. The van der Waals surface area contributed by atoms with E-state index in [-0.39, 0.29) is 12.7 Å². The van der Waals surface area contributed by atoms with Crippen LogP contribution >= 0.6 is 0 Å². The molecule has 4 aliphatic heterocycles. The molecule has 0 aromatic heterocycles. The van der Waals surface area contributed by atoms with Gasteiger partial charge in [0, 0.05) is 0 Å². The Hall–Kier alpha value is -1.40. The number of aliphatic hydroxyl groups is 1. The summed E-state index contributed by atoms with van der Waals surface area (Å²) in [5.41, 5.74) is 1.05. The quantitative estimate of drug-likeness (QED) is 0.592. The molecule has 9 heteroatoms. The number of hydrogen-bond acceptors (Lipinski definition) is 9. The van der Waals surface area contributed by atoms with Gasteiger partial charge in [0.15, 0.2) is 24.2 Å². The first kappa shape index (κ1) is 24.3. The first-order chi connectivity index (χ1) is 16.2. The highest BCUT2D eigenvalue weighted by Gasteiger charge is 2.59. The second kappa shape index (κ2) is 9.57. The van der Waals surface area contributed by atoms with Crippen LogP contribution in [-0.2, 0) is 44.5 Å². The third-order valence-electron chi connectivity index (χ3n) is 6.26. The van der Waals surface area contributed by atoms with Gasteiger partial charge in [0.2, 0.25) is 0 Å². The molecule has 0 aliphatic carbocycles. The molecule has 0 amide bonds. The zero-order valence-corrected chi connectivity index (χ0v) is 20.0. The molecule has 0 spiro atoms. The number of aliphatic hydroxyl groups excluding tert-OH is 1. The van der Waals surface area contributed by atoms with Crippen molar-refractivity contribution in [2.75, 3.05) is 13.2 Å². The maximum atomic E-state index is 10.4. The molecule has 1 aromatic carbocycles. The van der Waals surface area contributed by atoms with Crippen molar-refractivity contribution >= 4 is 0 Å². The summed E-state index contributed by atoms with van der Waals surface area (Å²) < 4.78 is 48.2. The van der Waals surface area contributed by atoms with E-state index >= 15 is 0 Å². The number of hydrogen-bond donors (Lipinski definition) is 1. The average Bonchev–Trinajstić information content (AvgIpc) is 3.40. The molecule has 3 fully saturated rings. The Bertz CT molecular complexity index is 857. The lowest BCUT2D eigenvalue weighted by molar-refractivity contribution is -0.260. The largest absolute Gasteiger partial charge is 0.386 e. The molecular formula is C25H34O9. The highest BCUT2D eigenvalue weighted by atomic mass is 16.9. The van der Waals surface area contributed by atoms with Crippen molar-refractivity contribution in [3.8, 4) is 0 Å². The van der Waals surface area contributed by atoms with Gasteiger partial charge < -0.3 is 43.0 Å². The Morgan fingerprint density at radius 1 is 0.941 bits per heavy atom. The smallest absolute Gasteiger partial charge is 0.190 e. The Morgan fingerprint density at radius 2 is 1.74 bits per heavy atom. The van der Waals surface area contributed by atoms with Crippen molar-refractivity contribution in [3.63, 3.8) is 0 Å². The van der Waals surface area contributed by atoms with Gasteiger partial charge in [-0.05, 0) is 39.3 Å². The average molecular weight is 479 g/mol. The SMILES string of the molecule is CC1(C)O[C@H]2O[C@H]([C@H]3COC(C)(C)O3)[C@H](O[C@H]3C=C[C@H](O)[C@@H](COCc4ccccc4)O3)[C@H]2O1. The molecule has 34 heavy (non-hydrogen) atoms. The van der Waals surface area contributed by atoms with Gasteiger partial charge in [-0.1, -0.05) is 36.4 Å². The topological polar surface area (TPSA) is 94.1 Å². The molecule has 9 nitrogen and oxygen atoms in total. The summed E-state index contributed by atoms with van der Waals surface area (Å²) in [4.78, 5) is 0. The highest BCUT2D eigenvalue weighted by molar-refractivity contribution is 5.13. The van der Waals surface area contributed by atoms with Crippen molar-refractivity contribution in [1.29, 1.82) is 0 Å². The predicted molar refractivity (Wildman–Crippen MR) is 118 cm³/mol. The van der Waals surface area contributed by atoms with Crippen molar-refractivity contribution in [2.24, 2.45) is 0 Å². The van der Waals surface area contributed by atoms with E-state index in [1.165, 1.54) is 0 Å². The van der Waals surface area contributed by atoms with Gasteiger partial charge in [-0.3, -0.25) is 0 Å². The summed E-state index contributed by atoms with van der Waals surface area (Å²) >= 11 is 0. The van der Waals surface area contributed by atoms with Crippen LogP contribution in [0.3, 0.4) is 0 Å². The van der Waals surface area contributed by atoms with E-state index in [2.05, 4.69) is 0 Å². The number of rotatable bonds is 7. The molecule has 0 unspecified atom stereocenters. The van der Waals surface area contributed by atoms with Crippen molar-refractivity contribution in [1.82, 2.24) is 0 Å². The third kappa shape index (κ3) is 5.38. The van der Waals surface area contributed by atoms with Crippen LogP contribution < -0.4 is 0 Å². The molecule has 1 aromatic rings. The molecule has 1 N–H and O–H groups in total. The van der Waals surface area contributed by atoms with Crippen LogP contribution in [0.2, 0.25) is 0 Å². The zero-order chi connectivity index (χ0) is 23.9. The van der Waals surface area contributed by atoms with E-state index in [9.17, 15) is 5.11 Å². The maximum Gasteiger partial charge on any atom is 0.190 e. The summed E-state index contributed by atoms with van der Waals surface area (Å²) in [5.74, 6) is -1.49. The number of benzene rings is 1. The molecule has 0 radical (unpaired) electrons. The molecule has 3 saturated heterocycles. The third-order valence-corrected chi connectivity index (χ3v) is 6.26. The molecular weight excluding hydrogens is 444 g/mol. The van der Waals surface area contributed by atoms with Crippen LogP contribution in [0.15, 0.2) is 42.5 Å². The van der Waals surface area contributed by atoms with Crippen LogP contribution in [0.25, 0.3) is 0 Å². The van der Waals surface area contributed by atoms with Gasteiger partial charge in [-0.25, -0.2) is 0 Å². The maximum absolute atomic E-state index is 10.4. The van der Waals surface area contributed by atoms with E-state index in [1.54, 1.807) is 12.2 Å². The van der Waals surface area contributed by atoms with E-state index in [0.717, 1.165) is 5.56 Å². The first-order valence-corrected chi connectivity index (χ1v) is 11.8. The predicted octanol–water partition coefficient (Wildman–Crippen LogP) is 2.26. The Labute approximate surface area is 199 Å². The van der Waals surface area contributed by atoms with Crippen LogP contribution in [0.1, 0.15) is 33.3 Å². The van der Waals surface area contributed by atoms with Gasteiger partial charge in [0.1, 0.15) is 36.6 Å². The molecule has 0 bridgehead atoms. The van der Waals surface area contributed by atoms with Crippen molar-refractivity contribution in [3.05, 3.63) is 48.0 Å². The summed E-state index contributed by atoms with van der Waals surface area (Å²) in [5, 5.41) is 10.4. The normalized spacial score (nSPS) is 40.5. The Morgan fingerprint density at radius 3 is 2.47 bits per heavy atom. The van der Waals surface area contributed by atoms with E-state index in [1.807, 2.05) is 58.0 Å². The van der Waals surface area contributed by atoms with Crippen LogP contribution in [0.5, 0.6) is 0 Å². The fourth-order valence-corrected chi connectivity index (χ4v) is 4.70. The standard InChI is InChI=1S/C25H34O9/c1-24(2)28-14-18(32-24)20-21(22-23(31-20)34-25(3,4)33-22)30-19-11-10-16(26)17(29-19)13-27-12-15-8-6-5-7-9-15/h5-11,16-23,26H,12-14H2,1-4H3/t16-,17+,18+,19-,20+,21-,22+,23+/m0/s1. The van der Waals surface area contributed by atoms with Gasteiger partial charge in [0.05, 0.1) is 19.8 Å². The summed E-state index contributed by atoms with van der Waals surface area (Å²) in [6, 6.07) is 9.85. The van der Waals surface area contributed by atoms with Crippen molar-refractivity contribution < 1.29 is 43.0 Å². The van der Waals surface area contributed by atoms with E-state index in [0.29, 0.717) is 13.2 Å². The van der Waals surface area contributed by atoms with Crippen LogP contribution in [0.4, 0.5) is 0 Å². The first-order valence-electron chi connectivity index (χ1n) is 11.8. The van der Waals surface area contributed by atoms with E-state index in [4.69, 9.17) is 37.9 Å². The molecule has 4 aliphatic rings. The molecule has 0 saturated carbocycles. The molecule has 4 heterocycles. The monoisotopic (exact) mass is 478 g/mol. The second-order valence-electron chi connectivity index (χ2n) is 9.96. The Balaban J connectivity index is 1.23. The number of fused-ring (bicyclic) bond motifs is 1. The van der Waals surface area contributed by atoms with E-state index < -0.39 is 54.7 Å². The molecule has 8 atom stereocenters. The number of ether oxygens (including phenoxy) is 8. The van der Waals surface area contributed by atoms with Crippen molar-refractivity contribution in [2.45, 2.75) is 95.1 Å². The Kier molecular flexibility index (Phi) is 6.84. The van der Waals surface area contributed by atoms with Gasteiger partial charge in [-0.2, -0.15) is 0 Å². The minimum Gasteiger partial charge on any atom is -0.386 e. The van der Waals surface area contributed by atoms with Gasteiger partial charge in [-0.15, -0.1) is 0 Å². The summed E-state index contributed by atoms with van der Waals surface area (Å²) in [7, 11) is 0. The van der Waals surface area contributed by atoms with Crippen LogP contribution in [0, 0.1) is 0 Å². The molecule has 5 rings (SSSR count). The lowest BCUT2D eigenvalue weighted by Crippen LogP contribution is -2.48. The zero-order valence-electron chi connectivity index (χ0n) is 20.0. The fourth-order valence-electron chi connectivity index (χ4n) is 4.70. The summed E-state index contributed by atoms with van der Waals surface area (Å²) in [6.45, 7) is 8.43. The van der Waals surface area contributed by atoms with Gasteiger partial charge >= 0.3 is 0 Å². The lowest BCUT2D eigenvalue weighted by atomic mass is 10.1. The lowest BCUT2D eigenvalue weighted by Gasteiger charge is -2.34. The second-order valence-corrected chi connectivity index (χ2v) is 9.96.